The van der Waals surface area contributed by atoms with Crippen molar-refractivity contribution in [3.05, 3.63) is 92.9 Å². The molecule has 0 spiro atoms. The predicted octanol–water partition coefficient (Wildman–Crippen LogP) is 4.31. The molecule has 4 rings (SSSR count). The van der Waals surface area contributed by atoms with Gasteiger partial charge in [0.05, 0.1) is 11.4 Å². The maximum absolute atomic E-state index is 12.7. The zero-order chi connectivity index (χ0) is 19.7. The van der Waals surface area contributed by atoms with Gasteiger partial charge in [-0.3, -0.25) is 9.69 Å². The van der Waals surface area contributed by atoms with Crippen molar-refractivity contribution in [3.8, 4) is 5.69 Å². The van der Waals surface area contributed by atoms with Gasteiger partial charge in [0.25, 0.3) is 5.56 Å². The van der Waals surface area contributed by atoms with Gasteiger partial charge in [0, 0.05) is 29.1 Å². The molecule has 0 amide bonds. The first-order chi connectivity index (χ1) is 13.5. The predicted molar refractivity (Wildman–Crippen MR) is 113 cm³/mol. The van der Waals surface area contributed by atoms with Gasteiger partial charge in [0.15, 0.2) is 0 Å². The third kappa shape index (κ3) is 3.72. The van der Waals surface area contributed by atoms with Crippen molar-refractivity contribution in [3.63, 3.8) is 0 Å². The number of H-pyrrole nitrogens is 1. The second kappa shape index (κ2) is 7.62. The van der Waals surface area contributed by atoms with Crippen LogP contribution in [0.2, 0.25) is 5.02 Å². The Kier molecular flexibility index (Phi) is 5.03. The first kappa shape index (κ1) is 18.5. The molecule has 0 aliphatic rings. The number of aromatic amines is 1. The number of hydrogen-bond donors (Lipinski definition) is 1. The number of para-hydroxylation sites is 1. The highest BCUT2D eigenvalue weighted by Crippen LogP contribution is 2.20. The second-order valence-electron chi connectivity index (χ2n) is 7.02. The highest BCUT2D eigenvalue weighted by molar-refractivity contribution is 6.30. The second-order valence-corrected chi connectivity index (χ2v) is 7.45. The number of pyridine rings is 1. The quantitative estimate of drug-likeness (QED) is 0.550. The summed E-state index contributed by atoms with van der Waals surface area (Å²) in [7, 11) is 2.00. The van der Waals surface area contributed by atoms with Crippen LogP contribution in [0.4, 0.5) is 0 Å². The van der Waals surface area contributed by atoms with Crippen LogP contribution in [0.15, 0.2) is 65.5 Å². The minimum absolute atomic E-state index is 0.0902. The van der Waals surface area contributed by atoms with Crippen LogP contribution in [0.25, 0.3) is 16.7 Å². The summed E-state index contributed by atoms with van der Waals surface area (Å²) < 4.78 is 1.78. The smallest absolute Gasteiger partial charge is 0.254 e. The average molecular weight is 393 g/mol. The van der Waals surface area contributed by atoms with Crippen LogP contribution in [0.3, 0.4) is 0 Å². The van der Waals surface area contributed by atoms with E-state index in [0.717, 1.165) is 45.1 Å². The van der Waals surface area contributed by atoms with Crippen molar-refractivity contribution in [2.45, 2.75) is 20.0 Å². The van der Waals surface area contributed by atoms with E-state index in [0.29, 0.717) is 6.54 Å². The summed E-state index contributed by atoms with van der Waals surface area (Å²) in [6, 6.07) is 19.5. The molecular weight excluding hydrogens is 372 g/mol. The summed E-state index contributed by atoms with van der Waals surface area (Å²) >= 11 is 5.95. The van der Waals surface area contributed by atoms with Gasteiger partial charge in [0.1, 0.15) is 5.65 Å². The lowest BCUT2D eigenvalue weighted by molar-refractivity contribution is 0.318. The van der Waals surface area contributed by atoms with Gasteiger partial charge in [-0.25, -0.2) is 4.68 Å². The number of hydrogen-bond acceptors (Lipinski definition) is 3. The molecule has 142 valence electrons. The van der Waals surface area contributed by atoms with Gasteiger partial charge in [-0.15, -0.1) is 0 Å². The fourth-order valence-electron chi connectivity index (χ4n) is 3.38. The minimum Gasteiger partial charge on any atom is -0.306 e. The Hall–Kier alpha value is -2.89. The monoisotopic (exact) mass is 392 g/mol. The van der Waals surface area contributed by atoms with Gasteiger partial charge in [-0.1, -0.05) is 41.9 Å². The Bertz CT molecular complexity index is 1160. The van der Waals surface area contributed by atoms with Gasteiger partial charge >= 0.3 is 0 Å². The summed E-state index contributed by atoms with van der Waals surface area (Å²) in [6.07, 6.45) is 0. The number of fused-ring (bicyclic) bond motifs is 1. The molecule has 0 radical (unpaired) electrons. The van der Waals surface area contributed by atoms with Gasteiger partial charge in [0.2, 0.25) is 0 Å². The molecule has 0 saturated heterocycles. The Morgan fingerprint density at radius 3 is 2.50 bits per heavy atom. The van der Waals surface area contributed by atoms with Gasteiger partial charge in [-0.05, 0) is 49.9 Å². The van der Waals surface area contributed by atoms with Gasteiger partial charge < -0.3 is 4.98 Å². The molecular formula is C22H21ClN4O. The first-order valence-corrected chi connectivity index (χ1v) is 9.49. The molecule has 0 fully saturated rings. The molecule has 5 nitrogen and oxygen atoms in total. The first-order valence-electron chi connectivity index (χ1n) is 9.11. The minimum atomic E-state index is -0.0902. The normalized spacial score (nSPS) is 11.4. The zero-order valence-electron chi connectivity index (χ0n) is 15.8. The van der Waals surface area contributed by atoms with Crippen LogP contribution in [-0.4, -0.2) is 26.7 Å². The highest BCUT2D eigenvalue weighted by atomic mass is 35.5. The maximum Gasteiger partial charge on any atom is 0.254 e. The molecule has 2 aromatic heterocycles. The topological polar surface area (TPSA) is 53.9 Å². The molecule has 0 atom stereocenters. The van der Waals surface area contributed by atoms with Crippen molar-refractivity contribution < 1.29 is 0 Å². The zero-order valence-corrected chi connectivity index (χ0v) is 16.6. The molecule has 0 aliphatic heterocycles. The number of rotatable bonds is 5. The lowest BCUT2D eigenvalue weighted by Gasteiger charge is -2.16. The van der Waals surface area contributed by atoms with Crippen LogP contribution < -0.4 is 5.56 Å². The van der Waals surface area contributed by atoms with E-state index >= 15 is 0 Å². The van der Waals surface area contributed by atoms with Crippen LogP contribution >= 0.6 is 11.6 Å². The molecule has 4 aromatic rings. The third-order valence-corrected chi connectivity index (χ3v) is 5.01. The molecule has 1 N–H and O–H groups in total. The van der Waals surface area contributed by atoms with Crippen LogP contribution in [-0.2, 0) is 13.1 Å². The molecule has 28 heavy (non-hydrogen) atoms. The molecule has 0 aliphatic carbocycles. The number of aromatic nitrogens is 3. The molecule has 0 unspecified atom stereocenters. The largest absolute Gasteiger partial charge is 0.306 e. The molecule has 2 aromatic carbocycles. The molecule has 0 bridgehead atoms. The Labute approximate surface area is 168 Å². The third-order valence-electron chi connectivity index (χ3n) is 4.76. The molecule has 2 heterocycles. The fourth-order valence-corrected chi connectivity index (χ4v) is 3.51. The summed E-state index contributed by atoms with van der Waals surface area (Å²) in [5.74, 6) is 0. The van der Waals surface area contributed by atoms with E-state index in [1.165, 1.54) is 0 Å². The van der Waals surface area contributed by atoms with E-state index in [1.54, 1.807) is 4.68 Å². The number of aryl methyl sites for hydroxylation is 1. The van der Waals surface area contributed by atoms with Crippen LogP contribution in [0.5, 0.6) is 0 Å². The van der Waals surface area contributed by atoms with Crippen molar-refractivity contribution in [2.24, 2.45) is 0 Å². The summed E-state index contributed by atoms with van der Waals surface area (Å²) in [5.41, 5.74) is 4.31. The Morgan fingerprint density at radius 2 is 1.79 bits per heavy atom. The van der Waals surface area contributed by atoms with E-state index in [-0.39, 0.29) is 5.56 Å². The van der Waals surface area contributed by atoms with E-state index in [9.17, 15) is 4.79 Å². The van der Waals surface area contributed by atoms with E-state index in [2.05, 4.69) is 15.0 Å². The maximum atomic E-state index is 12.7. The number of nitrogens with one attached hydrogen (secondary N) is 1. The van der Waals surface area contributed by atoms with Gasteiger partial charge in [-0.2, -0.15) is 5.10 Å². The summed E-state index contributed by atoms with van der Waals surface area (Å²) in [6.45, 7) is 3.24. The Balaban J connectivity index is 1.63. The lowest BCUT2D eigenvalue weighted by Crippen LogP contribution is -2.23. The van der Waals surface area contributed by atoms with Crippen molar-refractivity contribution in [1.82, 2.24) is 19.7 Å². The van der Waals surface area contributed by atoms with E-state index in [4.69, 9.17) is 11.6 Å². The van der Waals surface area contributed by atoms with Crippen molar-refractivity contribution >= 4 is 22.6 Å². The van der Waals surface area contributed by atoms with Crippen molar-refractivity contribution in [2.75, 3.05) is 7.05 Å². The number of benzene rings is 2. The van der Waals surface area contributed by atoms with Crippen LogP contribution in [0.1, 0.15) is 16.8 Å². The summed E-state index contributed by atoms with van der Waals surface area (Å²) in [5, 5.41) is 6.30. The highest BCUT2D eigenvalue weighted by Gasteiger charge is 2.14. The standard InChI is InChI=1S/C22H21ClN4O/c1-15-20-12-17(14-26(2)13-16-8-10-18(23)11-9-16)22(28)24-21(20)27(25-15)19-6-4-3-5-7-19/h3-12H,13-14H2,1-2H3,(H,24,28). The summed E-state index contributed by atoms with van der Waals surface area (Å²) in [4.78, 5) is 17.8. The van der Waals surface area contributed by atoms with E-state index < -0.39 is 0 Å². The SMILES string of the molecule is Cc1nn(-c2ccccc2)c2[nH]c(=O)c(CN(C)Cc3ccc(Cl)cc3)cc12. The van der Waals surface area contributed by atoms with E-state index in [1.807, 2.05) is 74.6 Å². The number of nitrogens with zero attached hydrogens (tertiary/aromatic N) is 3. The molecule has 0 saturated carbocycles. The number of halogens is 1. The average Bonchev–Trinajstić information content (AvgIpc) is 3.00. The van der Waals surface area contributed by atoms with Crippen LogP contribution in [0, 0.1) is 6.92 Å². The lowest BCUT2D eigenvalue weighted by atomic mass is 10.1. The Morgan fingerprint density at radius 1 is 1.07 bits per heavy atom. The van der Waals surface area contributed by atoms with Crippen molar-refractivity contribution in [1.29, 1.82) is 0 Å². The molecule has 6 heteroatoms. The fraction of sp³-hybridized carbons (Fsp3) is 0.182.